The molecule has 0 radical (unpaired) electrons. The van der Waals surface area contributed by atoms with E-state index in [0.29, 0.717) is 5.69 Å². The van der Waals surface area contributed by atoms with Crippen LogP contribution in [0.4, 0.5) is 10.1 Å². The first kappa shape index (κ1) is 15.3. The van der Waals surface area contributed by atoms with Crippen LogP contribution >= 0.6 is 0 Å². The molecule has 106 valence electrons. The minimum atomic E-state index is -0.422. The van der Waals surface area contributed by atoms with Crippen LogP contribution < -0.4 is 15.4 Å². The minimum Gasteiger partial charge on any atom is -0.494 e. The first-order chi connectivity index (χ1) is 9.10. The molecule has 0 spiro atoms. The molecule has 0 bridgehead atoms. The number of carbonyl (C=O) groups excluding carboxylic acids is 1. The fourth-order valence-corrected chi connectivity index (χ4v) is 1.72. The van der Waals surface area contributed by atoms with Crippen molar-refractivity contribution >= 4 is 11.6 Å². The van der Waals surface area contributed by atoms with Gasteiger partial charge in [-0.3, -0.25) is 4.79 Å². The molecule has 1 aromatic rings. The number of hydrogen-bond donors (Lipinski definition) is 2. The molecule has 1 amide bonds. The highest BCUT2D eigenvalue weighted by Gasteiger charge is 2.08. The molecule has 0 aliphatic carbocycles. The van der Waals surface area contributed by atoms with Crippen molar-refractivity contribution in [3.63, 3.8) is 0 Å². The lowest BCUT2D eigenvalue weighted by Gasteiger charge is -2.15. The molecule has 2 N–H and O–H groups in total. The summed E-state index contributed by atoms with van der Waals surface area (Å²) in [5, 5.41) is 5.86. The van der Waals surface area contributed by atoms with E-state index < -0.39 is 5.82 Å². The van der Waals surface area contributed by atoms with E-state index in [1.807, 2.05) is 13.8 Å². The van der Waals surface area contributed by atoms with Crippen LogP contribution in [-0.2, 0) is 4.79 Å². The lowest BCUT2D eigenvalue weighted by Crippen LogP contribution is -2.37. The Labute approximate surface area is 113 Å². The van der Waals surface area contributed by atoms with Gasteiger partial charge in [0.05, 0.1) is 13.7 Å². The Morgan fingerprint density at radius 3 is 2.63 bits per heavy atom. The van der Waals surface area contributed by atoms with E-state index in [1.165, 1.54) is 19.2 Å². The molecule has 0 aliphatic rings. The molecule has 0 fully saturated rings. The topological polar surface area (TPSA) is 50.4 Å². The third-order valence-corrected chi connectivity index (χ3v) is 2.95. The number of halogens is 1. The molecule has 0 aliphatic heterocycles. The Bertz CT molecular complexity index is 420. The minimum absolute atomic E-state index is 0.0722. The van der Waals surface area contributed by atoms with Crippen LogP contribution in [0.25, 0.3) is 0 Å². The monoisotopic (exact) mass is 268 g/mol. The van der Waals surface area contributed by atoms with Gasteiger partial charge in [0.1, 0.15) is 0 Å². The highest BCUT2D eigenvalue weighted by Crippen LogP contribution is 2.21. The van der Waals surface area contributed by atoms with Crippen LogP contribution in [0.1, 0.15) is 26.7 Å². The van der Waals surface area contributed by atoms with Gasteiger partial charge < -0.3 is 15.4 Å². The number of anilines is 1. The van der Waals surface area contributed by atoms with Crippen LogP contribution in [0.5, 0.6) is 5.75 Å². The molecule has 0 unspecified atom stereocenters. The highest BCUT2D eigenvalue weighted by molar-refractivity contribution is 5.81. The summed E-state index contributed by atoms with van der Waals surface area (Å²) < 4.78 is 18.1. The van der Waals surface area contributed by atoms with Gasteiger partial charge in [0.2, 0.25) is 5.91 Å². The fourth-order valence-electron chi connectivity index (χ4n) is 1.72. The van der Waals surface area contributed by atoms with Crippen molar-refractivity contribution in [3.8, 4) is 5.75 Å². The average molecular weight is 268 g/mol. The second kappa shape index (κ2) is 7.61. The maximum absolute atomic E-state index is 13.2. The van der Waals surface area contributed by atoms with Crippen molar-refractivity contribution in [1.82, 2.24) is 5.32 Å². The molecular formula is C14H21FN2O2. The number of rotatable bonds is 7. The maximum atomic E-state index is 13.2. The standard InChI is InChI=1S/C14H21FN2O2/c1-4-10(5-2)17-14(18)9-16-11-6-7-12(15)13(8-11)19-3/h6-8,10,16H,4-5,9H2,1-3H3,(H,17,18). The van der Waals surface area contributed by atoms with Crippen molar-refractivity contribution in [3.05, 3.63) is 24.0 Å². The van der Waals surface area contributed by atoms with E-state index in [0.717, 1.165) is 12.8 Å². The molecule has 5 heteroatoms. The summed E-state index contributed by atoms with van der Waals surface area (Å²) >= 11 is 0. The molecule has 1 rings (SSSR count). The first-order valence-corrected chi connectivity index (χ1v) is 6.47. The summed E-state index contributed by atoms with van der Waals surface area (Å²) in [5.41, 5.74) is 0.651. The van der Waals surface area contributed by atoms with Crippen molar-refractivity contribution in [2.24, 2.45) is 0 Å². The summed E-state index contributed by atoms with van der Waals surface area (Å²) in [6, 6.07) is 4.61. The third-order valence-electron chi connectivity index (χ3n) is 2.95. The largest absolute Gasteiger partial charge is 0.494 e. The second-order valence-corrected chi connectivity index (χ2v) is 4.28. The second-order valence-electron chi connectivity index (χ2n) is 4.28. The van der Waals surface area contributed by atoms with E-state index in [2.05, 4.69) is 10.6 Å². The number of benzene rings is 1. The van der Waals surface area contributed by atoms with Crippen molar-refractivity contribution < 1.29 is 13.9 Å². The van der Waals surface area contributed by atoms with Crippen LogP contribution in [0.2, 0.25) is 0 Å². The van der Waals surface area contributed by atoms with Crippen molar-refractivity contribution in [1.29, 1.82) is 0 Å². The average Bonchev–Trinajstić information content (AvgIpc) is 2.43. The van der Waals surface area contributed by atoms with E-state index in [4.69, 9.17) is 4.74 Å². The van der Waals surface area contributed by atoms with Gasteiger partial charge >= 0.3 is 0 Å². The highest BCUT2D eigenvalue weighted by atomic mass is 19.1. The van der Waals surface area contributed by atoms with E-state index in [-0.39, 0.29) is 24.2 Å². The molecular weight excluding hydrogens is 247 g/mol. The predicted octanol–water partition coefficient (Wildman–Crippen LogP) is 2.55. The number of amides is 1. The van der Waals surface area contributed by atoms with Crippen LogP contribution in [0, 0.1) is 5.82 Å². The zero-order chi connectivity index (χ0) is 14.3. The number of carbonyl (C=O) groups is 1. The summed E-state index contributed by atoms with van der Waals surface area (Å²) in [4.78, 5) is 11.7. The Kier molecular flexibility index (Phi) is 6.12. The van der Waals surface area contributed by atoms with Gasteiger partial charge in [0.25, 0.3) is 0 Å². The summed E-state index contributed by atoms with van der Waals surface area (Å²) in [5.74, 6) is -0.336. The molecule has 4 nitrogen and oxygen atoms in total. The summed E-state index contributed by atoms with van der Waals surface area (Å²) in [7, 11) is 1.40. The lowest BCUT2D eigenvalue weighted by atomic mass is 10.2. The number of hydrogen-bond acceptors (Lipinski definition) is 3. The van der Waals surface area contributed by atoms with Gasteiger partial charge in [-0.2, -0.15) is 0 Å². The van der Waals surface area contributed by atoms with Crippen LogP contribution in [-0.4, -0.2) is 25.6 Å². The summed E-state index contributed by atoms with van der Waals surface area (Å²) in [6.45, 7) is 4.23. The van der Waals surface area contributed by atoms with Crippen LogP contribution in [0.3, 0.4) is 0 Å². The normalized spacial score (nSPS) is 10.4. The SMILES string of the molecule is CCC(CC)NC(=O)CNc1ccc(F)c(OC)c1. The Balaban J connectivity index is 2.50. The molecule has 0 aromatic heterocycles. The van der Waals surface area contributed by atoms with Crippen LogP contribution in [0.15, 0.2) is 18.2 Å². The van der Waals surface area contributed by atoms with Gasteiger partial charge in [-0.05, 0) is 25.0 Å². The summed E-state index contributed by atoms with van der Waals surface area (Å²) in [6.07, 6.45) is 1.82. The zero-order valence-corrected chi connectivity index (χ0v) is 11.6. The van der Waals surface area contributed by atoms with Gasteiger partial charge in [-0.25, -0.2) is 4.39 Å². The van der Waals surface area contributed by atoms with Gasteiger partial charge in [-0.1, -0.05) is 13.8 Å². The Morgan fingerprint density at radius 1 is 1.37 bits per heavy atom. The van der Waals surface area contributed by atoms with E-state index in [1.54, 1.807) is 6.07 Å². The number of ether oxygens (including phenoxy) is 1. The molecule has 0 atom stereocenters. The third kappa shape index (κ3) is 4.77. The van der Waals surface area contributed by atoms with Crippen molar-refractivity contribution in [2.75, 3.05) is 19.0 Å². The molecule has 0 saturated carbocycles. The Morgan fingerprint density at radius 2 is 2.05 bits per heavy atom. The maximum Gasteiger partial charge on any atom is 0.239 e. The molecule has 0 saturated heterocycles. The number of nitrogens with one attached hydrogen (secondary N) is 2. The molecule has 0 heterocycles. The molecule has 19 heavy (non-hydrogen) atoms. The van der Waals surface area contributed by atoms with Gasteiger partial charge in [0, 0.05) is 17.8 Å². The lowest BCUT2D eigenvalue weighted by molar-refractivity contribution is -0.120. The zero-order valence-electron chi connectivity index (χ0n) is 11.6. The molecule has 1 aromatic carbocycles. The fraction of sp³-hybridized carbons (Fsp3) is 0.500. The van der Waals surface area contributed by atoms with E-state index >= 15 is 0 Å². The van der Waals surface area contributed by atoms with Gasteiger partial charge in [0.15, 0.2) is 11.6 Å². The van der Waals surface area contributed by atoms with Crippen molar-refractivity contribution in [2.45, 2.75) is 32.7 Å². The number of methoxy groups -OCH3 is 1. The predicted molar refractivity (Wildman–Crippen MR) is 74.0 cm³/mol. The first-order valence-electron chi connectivity index (χ1n) is 6.47. The Hall–Kier alpha value is -1.78. The van der Waals surface area contributed by atoms with E-state index in [9.17, 15) is 9.18 Å². The quantitative estimate of drug-likeness (QED) is 0.799. The van der Waals surface area contributed by atoms with Gasteiger partial charge in [-0.15, -0.1) is 0 Å². The smallest absolute Gasteiger partial charge is 0.239 e.